The van der Waals surface area contributed by atoms with Gasteiger partial charge in [-0.15, -0.1) is 11.6 Å². The molecular weight excluding hydrogens is 215 g/mol. The van der Waals surface area contributed by atoms with Gasteiger partial charge in [-0.25, -0.2) is 0 Å². The van der Waals surface area contributed by atoms with Crippen LogP contribution in [-0.2, 0) is 6.42 Å². The molecule has 1 atom stereocenters. The highest BCUT2D eigenvalue weighted by molar-refractivity contribution is 6.31. The van der Waals surface area contributed by atoms with E-state index < -0.39 is 0 Å². The first-order valence-corrected chi connectivity index (χ1v) is 5.93. The van der Waals surface area contributed by atoms with Gasteiger partial charge in [-0.05, 0) is 37.3 Å². The van der Waals surface area contributed by atoms with Crippen molar-refractivity contribution in [1.82, 2.24) is 0 Å². The van der Waals surface area contributed by atoms with Gasteiger partial charge in [0, 0.05) is 10.4 Å². The molecule has 2 heteroatoms. The Labute approximate surface area is 96.2 Å². The van der Waals surface area contributed by atoms with Crippen LogP contribution in [0.25, 0.3) is 0 Å². The van der Waals surface area contributed by atoms with Crippen LogP contribution in [-0.4, -0.2) is 5.38 Å². The van der Waals surface area contributed by atoms with Crippen molar-refractivity contribution in [2.75, 3.05) is 0 Å². The molecular formula is C12H16Cl2. The highest BCUT2D eigenvalue weighted by Gasteiger charge is 2.02. The Morgan fingerprint density at radius 3 is 2.64 bits per heavy atom. The summed E-state index contributed by atoms with van der Waals surface area (Å²) in [7, 11) is 0. The molecule has 0 aliphatic heterocycles. The first-order valence-electron chi connectivity index (χ1n) is 5.11. The van der Waals surface area contributed by atoms with E-state index in [4.69, 9.17) is 23.2 Å². The van der Waals surface area contributed by atoms with Crippen LogP contribution in [0, 0.1) is 0 Å². The zero-order valence-corrected chi connectivity index (χ0v) is 9.98. The summed E-state index contributed by atoms with van der Waals surface area (Å²) in [6, 6.07) is 8.01. The summed E-state index contributed by atoms with van der Waals surface area (Å²) in [5.74, 6) is 0. The van der Waals surface area contributed by atoms with Crippen LogP contribution in [0.15, 0.2) is 24.3 Å². The van der Waals surface area contributed by atoms with Crippen LogP contribution in [0.4, 0.5) is 0 Å². The predicted molar refractivity (Wildman–Crippen MR) is 64.3 cm³/mol. The van der Waals surface area contributed by atoms with Gasteiger partial charge in [-0.2, -0.15) is 0 Å². The number of rotatable bonds is 5. The molecule has 1 rings (SSSR count). The van der Waals surface area contributed by atoms with E-state index in [0.29, 0.717) is 5.38 Å². The van der Waals surface area contributed by atoms with Gasteiger partial charge < -0.3 is 0 Å². The molecule has 0 aliphatic rings. The third-order valence-corrected chi connectivity index (χ3v) is 3.26. The van der Waals surface area contributed by atoms with Crippen LogP contribution in [0.2, 0.25) is 5.02 Å². The summed E-state index contributed by atoms with van der Waals surface area (Å²) < 4.78 is 0. The second-order valence-electron chi connectivity index (χ2n) is 3.49. The fourth-order valence-corrected chi connectivity index (χ4v) is 1.80. The summed E-state index contributed by atoms with van der Waals surface area (Å²) in [5, 5.41) is 1.19. The third kappa shape index (κ3) is 3.89. The molecule has 0 fully saturated rings. The molecule has 0 radical (unpaired) electrons. The SMILES string of the molecule is CCC(Cl)CCCc1ccccc1Cl. The van der Waals surface area contributed by atoms with Crippen molar-refractivity contribution in [3.8, 4) is 0 Å². The fourth-order valence-electron chi connectivity index (χ4n) is 1.42. The van der Waals surface area contributed by atoms with Gasteiger partial charge in [-0.1, -0.05) is 36.7 Å². The summed E-state index contributed by atoms with van der Waals surface area (Å²) in [6.45, 7) is 2.12. The number of hydrogen-bond acceptors (Lipinski definition) is 0. The molecule has 0 saturated heterocycles. The highest BCUT2D eigenvalue weighted by atomic mass is 35.5. The molecule has 0 spiro atoms. The molecule has 0 amide bonds. The summed E-state index contributed by atoms with van der Waals surface area (Å²) in [6.07, 6.45) is 4.27. The Morgan fingerprint density at radius 1 is 1.29 bits per heavy atom. The lowest BCUT2D eigenvalue weighted by Gasteiger charge is -2.06. The van der Waals surface area contributed by atoms with Gasteiger partial charge in [0.1, 0.15) is 0 Å². The highest BCUT2D eigenvalue weighted by Crippen LogP contribution is 2.18. The second-order valence-corrected chi connectivity index (χ2v) is 4.51. The normalized spacial score (nSPS) is 12.8. The summed E-state index contributed by atoms with van der Waals surface area (Å²) in [4.78, 5) is 0. The zero-order valence-electron chi connectivity index (χ0n) is 8.47. The van der Waals surface area contributed by atoms with Crippen molar-refractivity contribution in [1.29, 1.82) is 0 Å². The lowest BCUT2D eigenvalue weighted by atomic mass is 10.1. The van der Waals surface area contributed by atoms with E-state index in [0.717, 1.165) is 30.7 Å². The van der Waals surface area contributed by atoms with E-state index >= 15 is 0 Å². The van der Waals surface area contributed by atoms with Crippen molar-refractivity contribution in [3.63, 3.8) is 0 Å². The number of alkyl halides is 1. The average Bonchev–Trinajstić information content (AvgIpc) is 2.20. The van der Waals surface area contributed by atoms with Gasteiger partial charge >= 0.3 is 0 Å². The molecule has 0 saturated carbocycles. The molecule has 1 aromatic carbocycles. The van der Waals surface area contributed by atoms with Crippen molar-refractivity contribution < 1.29 is 0 Å². The maximum atomic E-state index is 6.04. The van der Waals surface area contributed by atoms with E-state index in [1.165, 1.54) is 5.56 Å². The van der Waals surface area contributed by atoms with Crippen LogP contribution < -0.4 is 0 Å². The Kier molecular flexibility index (Phi) is 5.36. The maximum Gasteiger partial charge on any atom is 0.0437 e. The molecule has 0 nitrogen and oxygen atoms in total. The van der Waals surface area contributed by atoms with Crippen LogP contribution in [0.1, 0.15) is 31.7 Å². The van der Waals surface area contributed by atoms with Crippen LogP contribution in [0.3, 0.4) is 0 Å². The number of hydrogen-bond donors (Lipinski definition) is 0. The lowest BCUT2D eigenvalue weighted by molar-refractivity contribution is 0.675. The van der Waals surface area contributed by atoms with Gasteiger partial charge in [0.2, 0.25) is 0 Å². The average molecular weight is 231 g/mol. The fraction of sp³-hybridized carbons (Fsp3) is 0.500. The Morgan fingerprint density at radius 2 is 2.00 bits per heavy atom. The minimum absolute atomic E-state index is 0.317. The van der Waals surface area contributed by atoms with Crippen molar-refractivity contribution in [2.45, 2.75) is 38.0 Å². The van der Waals surface area contributed by atoms with Crippen molar-refractivity contribution >= 4 is 23.2 Å². The first kappa shape index (κ1) is 11.9. The number of benzene rings is 1. The van der Waals surface area contributed by atoms with Crippen LogP contribution in [0.5, 0.6) is 0 Å². The molecule has 14 heavy (non-hydrogen) atoms. The first-order chi connectivity index (χ1) is 6.74. The predicted octanol–water partition coefficient (Wildman–Crippen LogP) is 4.68. The van der Waals surface area contributed by atoms with Gasteiger partial charge in [0.25, 0.3) is 0 Å². The Bertz CT molecular complexity index is 271. The zero-order chi connectivity index (χ0) is 10.4. The molecule has 0 heterocycles. The monoisotopic (exact) mass is 230 g/mol. The van der Waals surface area contributed by atoms with Gasteiger partial charge in [0.15, 0.2) is 0 Å². The van der Waals surface area contributed by atoms with Crippen LogP contribution >= 0.6 is 23.2 Å². The second kappa shape index (κ2) is 6.31. The van der Waals surface area contributed by atoms with E-state index in [2.05, 4.69) is 13.0 Å². The minimum atomic E-state index is 0.317. The molecule has 1 unspecified atom stereocenters. The standard InChI is InChI=1S/C12H16Cl2/c1-2-11(13)8-5-7-10-6-3-4-9-12(10)14/h3-4,6,9,11H,2,5,7-8H2,1H3. The number of aryl methyl sites for hydroxylation is 1. The topological polar surface area (TPSA) is 0 Å². The van der Waals surface area contributed by atoms with Gasteiger partial charge in [-0.3, -0.25) is 0 Å². The molecule has 1 aromatic rings. The quantitative estimate of drug-likeness (QED) is 0.645. The number of halogens is 2. The molecule has 0 bridgehead atoms. The Balaban J connectivity index is 2.35. The van der Waals surface area contributed by atoms with Gasteiger partial charge in [0.05, 0.1) is 0 Å². The minimum Gasteiger partial charge on any atom is -0.123 e. The van der Waals surface area contributed by atoms with E-state index in [-0.39, 0.29) is 0 Å². The van der Waals surface area contributed by atoms with E-state index in [9.17, 15) is 0 Å². The third-order valence-electron chi connectivity index (χ3n) is 2.36. The molecule has 0 N–H and O–H groups in total. The largest absolute Gasteiger partial charge is 0.123 e. The molecule has 0 aromatic heterocycles. The smallest absolute Gasteiger partial charge is 0.0437 e. The van der Waals surface area contributed by atoms with Crippen molar-refractivity contribution in [2.24, 2.45) is 0 Å². The van der Waals surface area contributed by atoms with E-state index in [1.807, 2.05) is 18.2 Å². The summed E-state index contributed by atoms with van der Waals surface area (Å²) >= 11 is 12.1. The molecule has 0 aliphatic carbocycles. The molecule has 78 valence electrons. The van der Waals surface area contributed by atoms with E-state index in [1.54, 1.807) is 0 Å². The lowest BCUT2D eigenvalue weighted by Crippen LogP contribution is -1.97. The van der Waals surface area contributed by atoms with Crippen molar-refractivity contribution in [3.05, 3.63) is 34.9 Å². The Hall–Kier alpha value is -0.200. The maximum absolute atomic E-state index is 6.04. The summed E-state index contributed by atoms with van der Waals surface area (Å²) in [5.41, 5.74) is 1.23.